The minimum absolute atomic E-state index is 0.00908. The van der Waals surface area contributed by atoms with Crippen molar-refractivity contribution in [2.45, 2.75) is 18.8 Å². The first kappa shape index (κ1) is 14.5. The molecule has 0 bridgehead atoms. The number of aromatic nitrogens is 4. The molecule has 8 heteroatoms. The molecule has 1 fully saturated rings. The maximum Gasteiger partial charge on any atom is 0.158 e. The van der Waals surface area contributed by atoms with Crippen LogP contribution in [0.15, 0.2) is 22.9 Å². The normalized spacial score (nSPS) is 14.4. The topological polar surface area (TPSA) is 52.3 Å². The number of imidazole rings is 1. The number of methoxy groups -OCH3 is 1. The number of pyridine rings is 1. The van der Waals surface area contributed by atoms with Gasteiger partial charge in [0.2, 0.25) is 0 Å². The van der Waals surface area contributed by atoms with Crippen molar-refractivity contribution in [1.29, 1.82) is 0 Å². The van der Waals surface area contributed by atoms with E-state index in [2.05, 4.69) is 31.0 Å². The molecule has 0 radical (unpaired) electrons. The van der Waals surface area contributed by atoms with Crippen LogP contribution in [0, 0.1) is 11.6 Å². The second-order valence-electron chi connectivity index (χ2n) is 5.38. The van der Waals surface area contributed by atoms with Gasteiger partial charge in [-0.25, -0.2) is 23.3 Å². The maximum absolute atomic E-state index is 14.1. The van der Waals surface area contributed by atoms with Crippen molar-refractivity contribution in [3.05, 3.63) is 40.3 Å². The Bertz CT molecular complexity index is 923. The molecule has 0 atom stereocenters. The molecule has 0 aliphatic heterocycles. The molecule has 0 aromatic carbocycles. The quantitative estimate of drug-likeness (QED) is 0.649. The maximum atomic E-state index is 14.1. The summed E-state index contributed by atoms with van der Waals surface area (Å²) in [5.41, 5.74) is 1.69. The molecule has 3 aromatic rings. The molecule has 1 aliphatic carbocycles. The van der Waals surface area contributed by atoms with Crippen LogP contribution < -0.4 is 4.74 Å². The standard InChI is InChI=1S/C15H11BrF2N4O/c1-23-11-5-12-19-6-10(22(12)21-13(11)7-2-3-7)14-8(17)4-9(18)15(16)20-14/h4-7H,2-3H2,1H3. The van der Waals surface area contributed by atoms with Gasteiger partial charge < -0.3 is 4.74 Å². The van der Waals surface area contributed by atoms with E-state index >= 15 is 0 Å². The summed E-state index contributed by atoms with van der Waals surface area (Å²) < 4.78 is 34.3. The molecule has 0 spiro atoms. The van der Waals surface area contributed by atoms with Gasteiger partial charge in [0.1, 0.15) is 27.4 Å². The summed E-state index contributed by atoms with van der Waals surface area (Å²) in [6.45, 7) is 0. The van der Waals surface area contributed by atoms with E-state index in [1.807, 2.05) is 0 Å². The monoisotopic (exact) mass is 380 g/mol. The summed E-state index contributed by atoms with van der Waals surface area (Å²) in [5, 5.41) is 4.55. The van der Waals surface area contributed by atoms with Gasteiger partial charge in [-0.1, -0.05) is 0 Å². The number of ether oxygens (including phenoxy) is 1. The van der Waals surface area contributed by atoms with Gasteiger partial charge >= 0.3 is 0 Å². The zero-order valence-corrected chi connectivity index (χ0v) is 13.6. The lowest BCUT2D eigenvalue weighted by molar-refractivity contribution is 0.405. The average molecular weight is 381 g/mol. The van der Waals surface area contributed by atoms with Gasteiger partial charge in [-0.15, -0.1) is 0 Å². The Balaban J connectivity index is 1.94. The van der Waals surface area contributed by atoms with Crippen LogP contribution in [-0.4, -0.2) is 26.7 Å². The molecule has 0 amide bonds. The van der Waals surface area contributed by atoms with Crippen molar-refractivity contribution < 1.29 is 13.5 Å². The van der Waals surface area contributed by atoms with Gasteiger partial charge in [-0.05, 0) is 28.8 Å². The van der Waals surface area contributed by atoms with Crippen LogP contribution in [0.5, 0.6) is 5.75 Å². The highest BCUT2D eigenvalue weighted by molar-refractivity contribution is 9.10. The predicted octanol–water partition coefficient (Wildman–Crippen LogP) is 3.72. The molecule has 1 aliphatic rings. The van der Waals surface area contributed by atoms with Gasteiger partial charge in [0.15, 0.2) is 17.3 Å². The largest absolute Gasteiger partial charge is 0.495 e. The number of halogens is 3. The van der Waals surface area contributed by atoms with E-state index in [4.69, 9.17) is 4.74 Å². The molecule has 118 valence electrons. The van der Waals surface area contributed by atoms with E-state index in [1.165, 1.54) is 10.7 Å². The first-order chi connectivity index (χ1) is 11.1. The minimum atomic E-state index is -0.766. The number of rotatable bonds is 3. The third-order valence-electron chi connectivity index (χ3n) is 3.80. The predicted molar refractivity (Wildman–Crippen MR) is 82.4 cm³/mol. The molecule has 3 heterocycles. The van der Waals surface area contributed by atoms with Crippen molar-refractivity contribution in [1.82, 2.24) is 19.6 Å². The van der Waals surface area contributed by atoms with Gasteiger partial charge in [-0.2, -0.15) is 5.10 Å². The Morgan fingerprint density at radius 2 is 2.04 bits per heavy atom. The van der Waals surface area contributed by atoms with Crippen LogP contribution in [0.3, 0.4) is 0 Å². The fraction of sp³-hybridized carbons (Fsp3) is 0.267. The van der Waals surface area contributed by atoms with Gasteiger partial charge in [0, 0.05) is 18.1 Å². The number of hydrogen-bond donors (Lipinski definition) is 0. The summed E-state index contributed by atoms with van der Waals surface area (Å²) in [6.07, 6.45) is 3.56. The van der Waals surface area contributed by atoms with E-state index in [1.54, 1.807) is 13.2 Å². The molecular formula is C15H11BrF2N4O. The lowest BCUT2D eigenvalue weighted by Crippen LogP contribution is -2.04. The highest BCUT2D eigenvalue weighted by atomic mass is 79.9. The summed E-state index contributed by atoms with van der Waals surface area (Å²) >= 11 is 2.98. The Morgan fingerprint density at radius 3 is 2.74 bits per heavy atom. The summed E-state index contributed by atoms with van der Waals surface area (Å²) in [6, 6.07) is 2.55. The Kier molecular flexibility index (Phi) is 3.29. The van der Waals surface area contributed by atoms with Crippen LogP contribution in [-0.2, 0) is 0 Å². The molecule has 0 unspecified atom stereocenters. The van der Waals surface area contributed by atoms with Crippen LogP contribution in [0.1, 0.15) is 24.5 Å². The smallest absolute Gasteiger partial charge is 0.158 e. The number of hydrogen-bond acceptors (Lipinski definition) is 4. The molecule has 0 saturated heterocycles. The second-order valence-corrected chi connectivity index (χ2v) is 6.13. The average Bonchev–Trinajstić information content (AvgIpc) is 3.30. The fourth-order valence-corrected chi connectivity index (χ4v) is 2.79. The number of fused-ring (bicyclic) bond motifs is 1. The van der Waals surface area contributed by atoms with E-state index < -0.39 is 11.6 Å². The van der Waals surface area contributed by atoms with E-state index in [9.17, 15) is 8.78 Å². The second kappa shape index (κ2) is 5.23. The molecule has 5 nitrogen and oxygen atoms in total. The summed E-state index contributed by atoms with van der Waals surface area (Å²) in [7, 11) is 1.58. The first-order valence-electron chi connectivity index (χ1n) is 7.03. The van der Waals surface area contributed by atoms with Crippen molar-refractivity contribution in [2.75, 3.05) is 7.11 Å². The molecule has 4 rings (SSSR count). The summed E-state index contributed by atoms with van der Waals surface area (Å²) in [5.74, 6) is -0.500. The Morgan fingerprint density at radius 1 is 1.26 bits per heavy atom. The van der Waals surface area contributed by atoms with Gasteiger partial charge in [0.05, 0.1) is 13.3 Å². The van der Waals surface area contributed by atoms with Crippen molar-refractivity contribution in [3.8, 4) is 17.1 Å². The van der Waals surface area contributed by atoms with E-state index in [-0.39, 0.29) is 10.3 Å². The molecule has 1 saturated carbocycles. The number of nitrogens with zero attached hydrogens (tertiary/aromatic N) is 4. The fourth-order valence-electron chi connectivity index (χ4n) is 2.50. The van der Waals surface area contributed by atoms with Crippen LogP contribution >= 0.6 is 15.9 Å². The third kappa shape index (κ3) is 2.37. The summed E-state index contributed by atoms with van der Waals surface area (Å²) in [4.78, 5) is 8.15. The highest BCUT2D eigenvalue weighted by Crippen LogP contribution is 2.43. The Labute approximate surface area is 138 Å². The van der Waals surface area contributed by atoms with Crippen LogP contribution in [0.25, 0.3) is 17.0 Å². The van der Waals surface area contributed by atoms with Crippen molar-refractivity contribution >= 4 is 21.6 Å². The highest BCUT2D eigenvalue weighted by Gasteiger charge is 2.30. The molecule has 3 aromatic heterocycles. The van der Waals surface area contributed by atoms with Crippen molar-refractivity contribution in [3.63, 3.8) is 0 Å². The lowest BCUT2D eigenvalue weighted by atomic mass is 10.2. The lowest BCUT2D eigenvalue weighted by Gasteiger charge is -2.09. The van der Waals surface area contributed by atoms with Crippen LogP contribution in [0.4, 0.5) is 8.78 Å². The zero-order chi connectivity index (χ0) is 16.1. The molecule has 23 heavy (non-hydrogen) atoms. The van der Waals surface area contributed by atoms with Crippen LogP contribution in [0.2, 0.25) is 0 Å². The van der Waals surface area contributed by atoms with Crippen molar-refractivity contribution in [2.24, 2.45) is 0 Å². The van der Waals surface area contributed by atoms with Gasteiger partial charge in [0.25, 0.3) is 0 Å². The minimum Gasteiger partial charge on any atom is -0.495 e. The van der Waals surface area contributed by atoms with Gasteiger partial charge in [-0.3, -0.25) is 0 Å². The SMILES string of the molecule is COc1cc2ncc(-c3nc(Br)c(F)cc3F)n2nc1C1CC1. The zero-order valence-electron chi connectivity index (χ0n) is 12.1. The molecular weight excluding hydrogens is 370 g/mol. The third-order valence-corrected chi connectivity index (χ3v) is 4.35. The van der Waals surface area contributed by atoms with E-state index in [0.717, 1.165) is 24.6 Å². The molecule has 0 N–H and O–H groups in total. The van der Waals surface area contributed by atoms with E-state index in [0.29, 0.717) is 23.0 Å². The first-order valence-corrected chi connectivity index (χ1v) is 7.82. The Hall–Kier alpha value is -2.09.